The first kappa shape index (κ1) is 7.91. The van der Waals surface area contributed by atoms with Gasteiger partial charge in [0.25, 0.3) is 0 Å². The van der Waals surface area contributed by atoms with Crippen molar-refractivity contribution < 1.29 is 9.90 Å². The Bertz CT molecular complexity index is 83.4. The van der Waals surface area contributed by atoms with Crippen LogP contribution in [0.2, 0.25) is 0 Å². The molecule has 0 saturated heterocycles. The number of carbonyl (C=O) groups is 1. The van der Waals surface area contributed by atoms with Gasteiger partial charge in [0, 0.05) is 0 Å². The molecule has 0 spiro atoms. The Balaban J connectivity index is 3.79. The molecule has 1 N–H and O–H groups in total. The molecule has 0 amide bonds. The van der Waals surface area contributed by atoms with Gasteiger partial charge in [-0.1, -0.05) is 0 Å². The lowest BCUT2D eigenvalue weighted by molar-refractivity contribution is -0.134. The molecule has 0 fully saturated rings. The Morgan fingerprint density at radius 1 is 1.43 bits per heavy atom. The molecule has 42 valence electrons. The summed E-state index contributed by atoms with van der Waals surface area (Å²) >= 11 is 8.33. The van der Waals surface area contributed by atoms with Crippen LogP contribution in [-0.4, -0.2) is 13.2 Å². The van der Waals surface area contributed by atoms with Gasteiger partial charge in [0.2, 0.25) is 2.14 Å². The fourth-order valence-electron chi connectivity index (χ4n) is 0. The van der Waals surface area contributed by atoms with Gasteiger partial charge in [-0.05, 0) is 47.8 Å². The summed E-state index contributed by atoms with van der Waals surface area (Å²) in [7, 11) is 0. The number of carboxylic acid groups (broad SMARTS) is 1. The molecule has 0 aromatic heterocycles. The van der Waals surface area contributed by atoms with E-state index in [-0.39, 0.29) is 0 Å². The SMILES string of the molecule is O=[13C](O)C(Br)(Br)Br. The van der Waals surface area contributed by atoms with Gasteiger partial charge >= 0.3 is 5.97 Å². The summed E-state index contributed by atoms with van der Waals surface area (Å²) in [6.07, 6.45) is 0. The molecule has 0 rings (SSSR count). The molecular weight excluding hydrogens is 297 g/mol. The van der Waals surface area contributed by atoms with E-state index in [0.717, 1.165) is 0 Å². The number of hydrogen-bond acceptors (Lipinski definition) is 1. The molecule has 0 heterocycles. The monoisotopic (exact) mass is 295 g/mol. The van der Waals surface area contributed by atoms with Gasteiger partial charge in [0.1, 0.15) is 0 Å². The highest BCUT2D eigenvalue weighted by atomic mass is 80.0. The van der Waals surface area contributed by atoms with Crippen molar-refractivity contribution >= 4 is 53.8 Å². The first-order chi connectivity index (χ1) is 2.94. The minimum absolute atomic E-state index is 1.01. The van der Waals surface area contributed by atoms with Gasteiger partial charge < -0.3 is 5.11 Å². The van der Waals surface area contributed by atoms with E-state index in [1.54, 1.807) is 0 Å². The molecule has 7 heavy (non-hydrogen) atoms. The quantitative estimate of drug-likeness (QED) is 0.548. The van der Waals surface area contributed by atoms with Crippen molar-refractivity contribution in [2.24, 2.45) is 0 Å². The van der Waals surface area contributed by atoms with E-state index in [1.807, 2.05) is 0 Å². The van der Waals surface area contributed by atoms with Crippen molar-refractivity contribution in [2.45, 2.75) is 2.14 Å². The summed E-state index contributed by atoms with van der Waals surface area (Å²) in [6.45, 7) is 0. The van der Waals surface area contributed by atoms with Crippen LogP contribution in [0.5, 0.6) is 0 Å². The van der Waals surface area contributed by atoms with Gasteiger partial charge in [-0.2, -0.15) is 0 Å². The van der Waals surface area contributed by atoms with Crippen LogP contribution in [0.3, 0.4) is 0 Å². The Hall–Kier alpha value is 0.910. The zero-order valence-electron chi connectivity index (χ0n) is 2.99. The van der Waals surface area contributed by atoms with Crippen molar-refractivity contribution in [2.75, 3.05) is 0 Å². The standard InChI is InChI=1S/C2HBr3O2/c3-2(4,5)1(6)7/h(H,6,7)/i1+1. The summed E-state index contributed by atoms with van der Waals surface area (Å²) in [5.41, 5.74) is 0. The number of carboxylic acids is 1. The average molecular weight is 298 g/mol. The average Bonchev–Trinajstić information content (AvgIpc) is 1.31. The molecule has 0 aliphatic rings. The minimum atomic E-state index is -1.15. The molecule has 0 aromatic rings. The number of aliphatic carboxylic acids is 1. The van der Waals surface area contributed by atoms with Gasteiger partial charge in [-0.25, -0.2) is 4.79 Å². The third-order valence-corrected chi connectivity index (χ3v) is 1.26. The third-order valence-electron chi connectivity index (χ3n) is 0.243. The zero-order valence-corrected chi connectivity index (χ0v) is 7.75. The zero-order chi connectivity index (χ0) is 6.08. The van der Waals surface area contributed by atoms with E-state index < -0.39 is 8.11 Å². The van der Waals surface area contributed by atoms with Gasteiger partial charge in [0.15, 0.2) is 0 Å². The van der Waals surface area contributed by atoms with Crippen molar-refractivity contribution in [3.63, 3.8) is 0 Å². The first-order valence-corrected chi connectivity index (χ1v) is 3.62. The van der Waals surface area contributed by atoms with E-state index in [4.69, 9.17) is 5.11 Å². The molecule has 0 unspecified atom stereocenters. The molecule has 5 heteroatoms. The summed E-state index contributed by atoms with van der Waals surface area (Å²) < 4.78 is -1.15. The van der Waals surface area contributed by atoms with Gasteiger partial charge in [0.05, 0.1) is 0 Å². The number of alkyl halides is 3. The number of rotatable bonds is 0. The van der Waals surface area contributed by atoms with E-state index in [2.05, 4.69) is 47.8 Å². The molecule has 2 nitrogen and oxygen atoms in total. The van der Waals surface area contributed by atoms with E-state index in [0.29, 0.717) is 0 Å². The van der Waals surface area contributed by atoms with Crippen LogP contribution in [0.15, 0.2) is 0 Å². The van der Waals surface area contributed by atoms with E-state index in [1.165, 1.54) is 0 Å². The Morgan fingerprint density at radius 3 is 1.57 bits per heavy atom. The van der Waals surface area contributed by atoms with Gasteiger partial charge in [-0.15, -0.1) is 0 Å². The molecule has 0 atom stereocenters. The first-order valence-electron chi connectivity index (χ1n) is 1.24. The summed E-state index contributed by atoms with van der Waals surface area (Å²) in [4.78, 5) is 9.88. The topological polar surface area (TPSA) is 37.3 Å². The van der Waals surface area contributed by atoms with Crippen molar-refractivity contribution in [3.05, 3.63) is 0 Å². The highest BCUT2D eigenvalue weighted by molar-refractivity contribution is 9.40. The Kier molecular flexibility index (Phi) is 2.78. The maximum Gasteiger partial charge on any atom is 0.342 e. The normalized spacial score (nSPS) is 11.3. The Morgan fingerprint density at radius 2 is 1.57 bits per heavy atom. The summed E-state index contributed by atoms with van der Waals surface area (Å²) in [5.74, 6) is -1.01. The van der Waals surface area contributed by atoms with Gasteiger partial charge in [-0.3, -0.25) is 0 Å². The van der Waals surface area contributed by atoms with Crippen molar-refractivity contribution in [1.82, 2.24) is 0 Å². The number of hydrogen-bond donors (Lipinski definition) is 1. The van der Waals surface area contributed by atoms with E-state index >= 15 is 0 Å². The van der Waals surface area contributed by atoms with Crippen molar-refractivity contribution in [1.29, 1.82) is 0 Å². The number of halogens is 3. The van der Waals surface area contributed by atoms with Crippen LogP contribution in [0.25, 0.3) is 0 Å². The lowest BCUT2D eigenvalue weighted by atomic mass is 11.3. The molecule has 0 aliphatic carbocycles. The van der Waals surface area contributed by atoms with Crippen LogP contribution in [0.1, 0.15) is 0 Å². The predicted molar refractivity (Wildman–Crippen MR) is 37.1 cm³/mol. The lowest BCUT2D eigenvalue weighted by Gasteiger charge is -2.01. The molecule has 0 saturated carbocycles. The van der Waals surface area contributed by atoms with Crippen LogP contribution in [0, 0.1) is 0 Å². The minimum Gasteiger partial charge on any atom is -0.479 e. The lowest BCUT2D eigenvalue weighted by Crippen LogP contribution is -2.14. The second-order valence-corrected chi connectivity index (χ2v) is 7.56. The van der Waals surface area contributed by atoms with Crippen molar-refractivity contribution in [3.8, 4) is 0 Å². The maximum atomic E-state index is 9.88. The molecule has 0 aromatic carbocycles. The smallest absolute Gasteiger partial charge is 0.342 e. The summed E-state index contributed by atoms with van der Waals surface area (Å²) in [6, 6.07) is 0. The largest absolute Gasteiger partial charge is 0.479 e. The highest BCUT2D eigenvalue weighted by Gasteiger charge is 2.27. The fourth-order valence-corrected chi connectivity index (χ4v) is 0. The molecule has 0 radical (unpaired) electrons. The highest BCUT2D eigenvalue weighted by Crippen LogP contribution is 2.32. The van der Waals surface area contributed by atoms with Crippen LogP contribution >= 0.6 is 47.8 Å². The molecule has 0 bridgehead atoms. The summed E-state index contributed by atoms with van der Waals surface area (Å²) in [5, 5.41) is 8.11. The van der Waals surface area contributed by atoms with E-state index in [9.17, 15) is 4.79 Å². The molecule has 0 aliphatic heterocycles. The third kappa shape index (κ3) is 3.49. The maximum absolute atomic E-state index is 9.88. The predicted octanol–water partition coefficient (Wildman–Crippen LogP) is 1.91. The second kappa shape index (κ2) is 2.46. The molecular formula is C2HBr3O2. The second-order valence-electron chi connectivity index (χ2n) is 0.803. The fraction of sp³-hybridized carbons (Fsp3) is 0.500. The Labute approximate surface area is 65.7 Å². The van der Waals surface area contributed by atoms with Crippen LogP contribution < -0.4 is 0 Å². The van der Waals surface area contributed by atoms with Crippen LogP contribution in [-0.2, 0) is 4.79 Å². The van der Waals surface area contributed by atoms with Crippen LogP contribution in [0.4, 0.5) is 0 Å².